The third-order valence-corrected chi connectivity index (χ3v) is 3.56. The number of aromatic nitrogens is 1. The number of nitrogens with zero attached hydrogens (tertiary/aromatic N) is 1. The highest BCUT2D eigenvalue weighted by Gasteiger charge is 2.66. The normalized spacial score (nSPS) is 25.0. The van der Waals surface area contributed by atoms with E-state index in [-0.39, 0.29) is 18.6 Å². The van der Waals surface area contributed by atoms with Gasteiger partial charge in [-0.15, -0.1) is 0 Å². The molecule has 0 N–H and O–H groups in total. The van der Waals surface area contributed by atoms with Crippen molar-refractivity contribution < 1.29 is 31.5 Å². The van der Waals surface area contributed by atoms with Gasteiger partial charge in [0.25, 0.3) is 0 Å². The van der Waals surface area contributed by atoms with Crippen LogP contribution >= 0.6 is 0 Å². The van der Waals surface area contributed by atoms with Crippen molar-refractivity contribution in [2.45, 2.75) is 31.4 Å². The highest BCUT2D eigenvalue weighted by Crippen LogP contribution is 2.58. The Morgan fingerprint density at radius 2 is 2.14 bits per heavy atom. The number of pyridine rings is 1. The fourth-order valence-corrected chi connectivity index (χ4v) is 2.34. The van der Waals surface area contributed by atoms with Gasteiger partial charge in [-0.05, 0) is 25.0 Å². The maximum atomic E-state index is 13.3. The van der Waals surface area contributed by atoms with Crippen molar-refractivity contribution >= 4 is 5.97 Å². The first-order valence-corrected chi connectivity index (χ1v) is 6.22. The summed E-state index contributed by atoms with van der Waals surface area (Å²) in [6.07, 6.45) is -6.92. The second-order valence-electron chi connectivity index (χ2n) is 4.78. The van der Waals surface area contributed by atoms with Crippen molar-refractivity contribution in [1.82, 2.24) is 4.98 Å². The van der Waals surface area contributed by atoms with E-state index in [9.17, 15) is 26.7 Å². The van der Waals surface area contributed by atoms with Crippen molar-refractivity contribution in [1.29, 1.82) is 0 Å². The molecule has 1 aromatic rings. The number of rotatable bonds is 4. The van der Waals surface area contributed by atoms with E-state index >= 15 is 0 Å². The highest BCUT2D eigenvalue weighted by atomic mass is 19.4. The number of halogens is 5. The molecule has 1 saturated carbocycles. The van der Waals surface area contributed by atoms with E-state index in [2.05, 4.69) is 4.98 Å². The second kappa shape index (κ2) is 5.23. The van der Waals surface area contributed by atoms with Crippen LogP contribution in [0.2, 0.25) is 0 Å². The molecule has 0 spiro atoms. The molecule has 0 bridgehead atoms. The van der Waals surface area contributed by atoms with Gasteiger partial charge in [0, 0.05) is 6.20 Å². The molecular formula is C13H12F5NO2. The van der Waals surface area contributed by atoms with Gasteiger partial charge >= 0.3 is 12.1 Å². The summed E-state index contributed by atoms with van der Waals surface area (Å²) in [6, 6.07) is 1.58. The van der Waals surface area contributed by atoms with Crippen LogP contribution in [0.1, 0.15) is 24.6 Å². The van der Waals surface area contributed by atoms with Gasteiger partial charge in [-0.3, -0.25) is 9.78 Å². The zero-order valence-electron chi connectivity index (χ0n) is 11.0. The topological polar surface area (TPSA) is 39.2 Å². The van der Waals surface area contributed by atoms with Crippen molar-refractivity contribution in [3.63, 3.8) is 0 Å². The summed E-state index contributed by atoms with van der Waals surface area (Å²) in [5, 5.41) is 0. The number of carbonyl (C=O) groups excluding carboxylic acids is 1. The zero-order chi connectivity index (χ0) is 15.8. The highest BCUT2D eigenvalue weighted by molar-refractivity contribution is 5.79. The average Bonchev–Trinajstić information content (AvgIpc) is 3.15. The summed E-state index contributed by atoms with van der Waals surface area (Å²) >= 11 is 0. The quantitative estimate of drug-likeness (QED) is 0.633. The van der Waals surface area contributed by atoms with Crippen LogP contribution in [0, 0.1) is 5.92 Å². The third-order valence-electron chi connectivity index (χ3n) is 3.56. The molecule has 8 heteroatoms. The lowest BCUT2D eigenvalue weighted by Gasteiger charge is -2.17. The molecule has 1 fully saturated rings. The fraction of sp³-hybridized carbons (Fsp3) is 0.538. The van der Waals surface area contributed by atoms with Crippen LogP contribution in [0.15, 0.2) is 18.3 Å². The molecule has 1 heterocycles. The number of alkyl halides is 5. The van der Waals surface area contributed by atoms with E-state index in [1.165, 1.54) is 0 Å². The van der Waals surface area contributed by atoms with Gasteiger partial charge in [-0.1, -0.05) is 6.07 Å². The van der Waals surface area contributed by atoms with Crippen molar-refractivity contribution in [2.24, 2.45) is 5.92 Å². The Labute approximate surface area is 117 Å². The standard InChI is InChI=1S/C13H12F5NO2/c1-2-21-10(20)8-5-12(8,11(14)15)7-3-4-9(19-6-7)13(16,17)18/h3-4,6,8,11H,2,5H2,1H3/t8-,12+/m1/s1. The van der Waals surface area contributed by atoms with Gasteiger partial charge < -0.3 is 4.74 Å². The first-order valence-electron chi connectivity index (χ1n) is 6.22. The lowest BCUT2D eigenvalue weighted by Crippen LogP contribution is -2.25. The Morgan fingerprint density at radius 3 is 2.57 bits per heavy atom. The summed E-state index contributed by atoms with van der Waals surface area (Å²) in [5.74, 6) is -1.81. The van der Waals surface area contributed by atoms with Gasteiger partial charge in [-0.2, -0.15) is 13.2 Å². The van der Waals surface area contributed by atoms with E-state index < -0.39 is 35.6 Å². The van der Waals surface area contributed by atoms with E-state index in [0.29, 0.717) is 6.07 Å². The van der Waals surface area contributed by atoms with E-state index in [0.717, 1.165) is 12.3 Å². The summed E-state index contributed by atoms with van der Waals surface area (Å²) in [7, 11) is 0. The van der Waals surface area contributed by atoms with Crippen LogP contribution in [0.4, 0.5) is 22.0 Å². The van der Waals surface area contributed by atoms with E-state index in [4.69, 9.17) is 4.74 Å². The largest absolute Gasteiger partial charge is 0.466 e. The first kappa shape index (κ1) is 15.7. The van der Waals surface area contributed by atoms with Crippen molar-refractivity contribution in [2.75, 3.05) is 6.61 Å². The molecule has 0 radical (unpaired) electrons. The first-order chi connectivity index (χ1) is 9.73. The minimum absolute atomic E-state index is 0.0555. The fourth-order valence-electron chi connectivity index (χ4n) is 2.34. The number of ether oxygens (including phenoxy) is 1. The molecule has 1 aliphatic carbocycles. The van der Waals surface area contributed by atoms with Crippen LogP contribution in [0.5, 0.6) is 0 Å². The molecule has 2 rings (SSSR count). The number of hydrogen-bond donors (Lipinski definition) is 0. The van der Waals surface area contributed by atoms with Crippen molar-refractivity contribution in [3.8, 4) is 0 Å². The van der Waals surface area contributed by atoms with E-state index in [1.54, 1.807) is 6.92 Å². The molecule has 116 valence electrons. The predicted octanol–water partition coefficient (Wildman–Crippen LogP) is 3.19. The Hall–Kier alpha value is -1.73. The summed E-state index contributed by atoms with van der Waals surface area (Å²) < 4.78 is 68.5. The maximum absolute atomic E-state index is 13.3. The molecule has 1 aromatic heterocycles. The molecule has 21 heavy (non-hydrogen) atoms. The SMILES string of the molecule is CCOC(=O)[C@H]1C[C@@]1(c1ccc(C(F)(F)F)nc1)C(F)F. The lowest BCUT2D eigenvalue weighted by atomic mass is 9.95. The third kappa shape index (κ3) is 2.71. The van der Waals surface area contributed by atoms with Crippen LogP contribution in [0.3, 0.4) is 0 Å². The van der Waals surface area contributed by atoms with E-state index in [1.807, 2.05) is 0 Å². The minimum atomic E-state index is -4.64. The van der Waals surface area contributed by atoms with Gasteiger partial charge in [0.2, 0.25) is 6.43 Å². The molecule has 0 amide bonds. The van der Waals surface area contributed by atoms with Gasteiger partial charge in [0.15, 0.2) is 0 Å². The zero-order valence-corrected chi connectivity index (χ0v) is 11.0. The molecule has 3 nitrogen and oxygen atoms in total. The van der Waals surface area contributed by atoms with Crippen LogP contribution in [-0.2, 0) is 21.1 Å². The van der Waals surface area contributed by atoms with Crippen LogP contribution in [-0.4, -0.2) is 24.0 Å². The molecule has 0 aliphatic heterocycles. The maximum Gasteiger partial charge on any atom is 0.433 e. The minimum Gasteiger partial charge on any atom is -0.466 e. The van der Waals surface area contributed by atoms with Crippen molar-refractivity contribution in [3.05, 3.63) is 29.6 Å². The predicted molar refractivity (Wildman–Crippen MR) is 61.7 cm³/mol. The van der Waals surface area contributed by atoms with Gasteiger partial charge in [0.05, 0.1) is 17.9 Å². The smallest absolute Gasteiger partial charge is 0.433 e. The average molecular weight is 309 g/mol. The Bertz CT molecular complexity index is 528. The van der Waals surface area contributed by atoms with Gasteiger partial charge in [-0.25, -0.2) is 8.78 Å². The Balaban J connectivity index is 2.28. The molecular weight excluding hydrogens is 297 g/mol. The monoisotopic (exact) mass is 309 g/mol. The summed E-state index contributed by atoms with van der Waals surface area (Å²) in [5.41, 5.74) is -3.03. The summed E-state index contributed by atoms with van der Waals surface area (Å²) in [6.45, 7) is 1.60. The second-order valence-corrected chi connectivity index (χ2v) is 4.78. The number of carbonyl (C=O) groups is 1. The molecule has 1 aliphatic rings. The molecule has 2 atom stereocenters. The molecule has 0 unspecified atom stereocenters. The summed E-state index contributed by atoms with van der Waals surface area (Å²) in [4.78, 5) is 14.7. The molecule has 0 aromatic carbocycles. The molecule has 0 saturated heterocycles. The Kier molecular flexibility index (Phi) is 3.90. The number of hydrogen-bond acceptors (Lipinski definition) is 3. The van der Waals surface area contributed by atoms with Gasteiger partial charge in [0.1, 0.15) is 5.69 Å². The van der Waals surface area contributed by atoms with Crippen LogP contribution in [0.25, 0.3) is 0 Å². The Morgan fingerprint density at radius 1 is 1.48 bits per heavy atom. The lowest BCUT2D eigenvalue weighted by molar-refractivity contribution is -0.146. The number of esters is 1. The van der Waals surface area contributed by atoms with Crippen LogP contribution < -0.4 is 0 Å².